The van der Waals surface area contributed by atoms with Crippen LogP contribution in [0.15, 0.2) is 85.2 Å². The maximum Gasteiger partial charge on any atom is 0.253 e. The van der Waals surface area contributed by atoms with Crippen molar-refractivity contribution in [2.75, 3.05) is 17.5 Å². The largest absolute Gasteiger partial charge is 0.365 e. The normalized spacial score (nSPS) is 20.5. The molecule has 2 aliphatic carbocycles. The molecule has 3 unspecified atom stereocenters. The van der Waals surface area contributed by atoms with Gasteiger partial charge in [-0.2, -0.15) is 5.10 Å². The van der Waals surface area contributed by atoms with Gasteiger partial charge in [-0.1, -0.05) is 65.7 Å². The van der Waals surface area contributed by atoms with Gasteiger partial charge < -0.3 is 13.9 Å². The number of nitrogens with zero attached hydrogens (tertiary/aromatic N) is 4. The van der Waals surface area contributed by atoms with Crippen LogP contribution in [0.2, 0.25) is 10.0 Å². The highest BCUT2D eigenvalue weighted by Crippen LogP contribution is 2.45. The van der Waals surface area contributed by atoms with E-state index in [4.69, 9.17) is 27.9 Å². The van der Waals surface area contributed by atoms with Gasteiger partial charge >= 0.3 is 0 Å². The summed E-state index contributed by atoms with van der Waals surface area (Å²) in [5.74, 6) is 0.667. The number of hydrogen-bond acceptors (Lipinski definition) is 6. The summed E-state index contributed by atoms with van der Waals surface area (Å²) in [4.78, 5) is 20.3. The smallest absolute Gasteiger partial charge is 0.253 e. The summed E-state index contributed by atoms with van der Waals surface area (Å²) in [5.41, 5.74) is 1.56. The first-order valence-electron chi connectivity index (χ1n) is 14.9. The van der Waals surface area contributed by atoms with E-state index in [2.05, 4.69) is 19.5 Å². The summed E-state index contributed by atoms with van der Waals surface area (Å²) < 4.78 is 23.2. The minimum absolute atomic E-state index is 0.0654. The Morgan fingerprint density at radius 1 is 0.977 bits per heavy atom. The van der Waals surface area contributed by atoms with E-state index in [1.165, 1.54) is 12.4 Å². The number of carbonyl (C=O) groups is 1. The van der Waals surface area contributed by atoms with Crippen molar-refractivity contribution in [3.8, 4) is 0 Å². The number of anilines is 1. The van der Waals surface area contributed by atoms with Gasteiger partial charge in [-0.05, 0) is 85.5 Å². The Morgan fingerprint density at radius 3 is 2.30 bits per heavy atom. The monoisotopic (exact) mass is 653 g/mol. The van der Waals surface area contributed by atoms with Crippen molar-refractivity contribution in [2.24, 2.45) is 5.92 Å². The van der Waals surface area contributed by atoms with Crippen molar-refractivity contribution >= 4 is 46.7 Å². The first kappa shape index (κ1) is 30.9. The molecule has 1 aliphatic heterocycles. The molecule has 4 aromatic rings. The van der Waals surface area contributed by atoms with E-state index in [1.807, 2.05) is 71.6 Å². The average molecular weight is 655 g/mol. The molecule has 0 bridgehead atoms. The lowest BCUT2D eigenvalue weighted by atomic mass is 9.97. The third-order valence-corrected chi connectivity index (χ3v) is 9.82. The second-order valence-electron chi connectivity index (χ2n) is 11.3. The molecular weight excluding hydrogens is 620 g/mol. The highest BCUT2D eigenvalue weighted by molar-refractivity contribution is 8.01. The SMILES string of the molecule is Clc1ccccc1.O=C1C(Cc2ncn[nH]2)OCC(c2ccc(Cl)cc2)N1C(CN(SC1CC1)c1ccccc1F)C1CC1. The molecule has 1 aromatic heterocycles. The fourth-order valence-electron chi connectivity index (χ4n) is 5.40. The molecule has 1 saturated heterocycles. The van der Waals surface area contributed by atoms with Crippen molar-refractivity contribution in [3.63, 3.8) is 0 Å². The van der Waals surface area contributed by atoms with Gasteiger partial charge in [0.2, 0.25) is 0 Å². The number of amides is 1. The van der Waals surface area contributed by atoms with Crippen molar-refractivity contribution in [1.82, 2.24) is 20.1 Å². The second-order valence-corrected chi connectivity index (χ2v) is 13.5. The van der Waals surface area contributed by atoms with Gasteiger partial charge in [-0.25, -0.2) is 9.37 Å². The van der Waals surface area contributed by atoms with Gasteiger partial charge in [0.1, 0.15) is 24.1 Å². The zero-order valence-corrected chi connectivity index (χ0v) is 26.4. The first-order chi connectivity index (χ1) is 21.5. The molecule has 0 radical (unpaired) electrons. The highest BCUT2D eigenvalue weighted by atomic mass is 35.5. The molecule has 3 fully saturated rings. The average Bonchev–Trinajstić information content (AvgIpc) is 3.97. The molecule has 3 atom stereocenters. The summed E-state index contributed by atoms with van der Waals surface area (Å²) in [7, 11) is 0. The van der Waals surface area contributed by atoms with Gasteiger partial charge in [0.05, 0.1) is 30.9 Å². The molecule has 2 saturated carbocycles. The number of carbonyl (C=O) groups excluding carboxylic acids is 1. The number of aromatic nitrogens is 3. The molecule has 2 heterocycles. The molecule has 230 valence electrons. The predicted molar refractivity (Wildman–Crippen MR) is 173 cm³/mol. The van der Waals surface area contributed by atoms with E-state index in [0.29, 0.717) is 47.3 Å². The molecule has 7 rings (SSSR count). The van der Waals surface area contributed by atoms with E-state index in [1.54, 1.807) is 18.0 Å². The standard InChI is InChI=1S/C27H29ClFN5O2S.C6H5Cl/c28-19-9-7-18(8-10-19)24-15-36-25(13-26-30-16-31-32-26)27(35)34(24)23(17-5-6-17)14-33(37-20-11-12-20)22-4-2-1-3-21(22)29;7-6-4-2-1-3-5-6/h1-4,7-10,16-17,20,23-25H,5-6,11-15H2,(H,30,31,32);1-5H. The van der Waals surface area contributed by atoms with Crippen LogP contribution in [0.1, 0.15) is 43.1 Å². The van der Waals surface area contributed by atoms with Crippen molar-refractivity contribution < 1.29 is 13.9 Å². The Balaban J connectivity index is 0.000000433. The van der Waals surface area contributed by atoms with Gasteiger partial charge in [-0.3, -0.25) is 9.89 Å². The summed E-state index contributed by atoms with van der Waals surface area (Å²) >= 11 is 13.4. The summed E-state index contributed by atoms with van der Waals surface area (Å²) in [6, 6.07) is 23.7. The van der Waals surface area contributed by atoms with Crippen LogP contribution >= 0.6 is 35.1 Å². The minimum Gasteiger partial charge on any atom is -0.365 e. The second kappa shape index (κ2) is 14.3. The number of nitrogens with one attached hydrogen (secondary N) is 1. The van der Waals surface area contributed by atoms with Crippen LogP contribution in [0.4, 0.5) is 10.1 Å². The number of rotatable bonds is 10. The molecule has 3 aromatic carbocycles. The number of aromatic amines is 1. The van der Waals surface area contributed by atoms with E-state index < -0.39 is 6.10 Å². The van der Waals surface area contributed by atoms with E-state index in [9.17, 15) is 9.18 Å². The van der Waals surface area contributed by atoms with Crippen molar-refractivity contribution in [2.45, 2.75) is 55.5 Å². The predicted octanol–water partition coefficient (Wildman–Crippen LogP) is 7.54. The molecule has 1 N–H and O–H groups in total. The molecule has 44 heavy (non-hydrogen) atoms. The van der Waals surface area contributed by atoms with Crippen LogP contribution in [0, 0.1) is 11.7 Å². The highest BCUT2D eigenvalue weighted by Gasteiger charge is 2.47. The van der Waals surface area contributed by atoms with E-state index in [-0.39, 0.29) is 23.8 Å². The summed E-state index contributed by atoms with van der Waals surface area (Å²) in [5, 5.41) is 8.69. The van der Waals surface area contributed by atoms with Gasteiger partial charge in [0.15, 0.2) is 0 Å². The maximum atomic E-state index is 15.0. The quantitative estimate of drug-likeness (QED) is 0.178. The Kier molecular flexibility index (Phi) is 10.1. The fraction of sp³-hybridized carbons (Fsp3) is 0.364. The molecule has 1 amide bonds. The number of hydrogen-bond donors (Lipinski definition) is 1. The first-order valence-corrected chi connectivity index (χ1v) is 16.5. The lowest BCUT2D eigenvalue weighted by Crippen LogP contribution is -2.57. The lowest BCUT2D eigenvalue weighted by molar-refractivity contribution is -0.164. The molecule has 11 heteroatoms. The topological polar surface area (TPSA) is 74.3 Å². The Bertz CT molecular complexity index is 1510. The summed E-state index contributed by atoms with van der Waals surface area (Å²) in [6.45, 7) is 0.919. The van der Waals surface area contributed by atoms with Crippen molar-refractivity contribution in [1.29, 1.82) is 0 Å². The zero-order chi connectivity index (χ0) is 30.5. The number of morpholine rings is 1. The molecular formula is C33H34Cl2FN5O2S. The lowest BCUT2D eigenvalue weighted by Gasteiger charge is -2.45. The number of para-hydroxylation sites is 1. The van der Waals surface area contributed by atoms with Gasteiger partial charge in [-0.15, -0.1) is 0 Å². The van der Waals surface area contributed by atoms with Gasteiger partial charge in [0.25, 0.3) is 5.91 Å². The maximum absolute atomic E-state index is 15.0. The minimum atomic E-state index is -0.657. The molecule has 0 spiro atoms. The van der Waals surface area contributed by atoms with Crippen LogP contribution in [-0.4, -0.2) is 56.5 Å². The van der Waals surface area contributed by atoms with Crippen molar-refractivity contribution in [3.05, 3.63) is 112 Å². The van der Waals surface area contributed by atoms with Crippen LogP contribution < -0.4 is 4.31 Å². The van der Waals surface area contributed by atoms with E-state index in [0.717, 1.165) is 36.3 Å². The molecule has 7 nitrogen and oxygen atoms in total. The van der Waals surface area contributed by atoms with Crippen LogP contribution in [0.3, 0.4) is 0 Å². The number of ether oxygens (including phenoxy) is 1. The van der Waals surface area contributed by atoms with Gasteiger partial charge in [0, 0.05) is 21.7 Å². The third-order valence-electron chi connectivity index (χ3n) is 7.95. The fourth-order valence-corrected chi connectivity index (χ4v) is 6.88. The Morgan fingerprint density at radius 2 is 1.68 bits per heavy atom. The zero-order valence-electron chi connectivity index (χ0n) is 24.1. The third kappa shape index (κ3) is 7.93. The van der Waals surface area contributed by atoms with Crippen LogP contribution in [-0.2, 0) is 16.0 Å². The Hall–Kier alpha value is -3.11. The number of halogens is 3. The van der Waals surface area contributed by atoms with E-state index >= 15 is 0 Å². The number of H-pyrrole nitrogens is 1. The molecule has 3 aliphatic rings. The Labute approximate surface area is 271 Å². The van der Waals surface area contributed by atoms with Crippen LogP contribution in [0.25, 0.3) is 0 Å². The summed E-state index contributed by atoms with van der Waals surface area (Å²) in [6.07, 6.45) is 5.47. The number of benzene rings is 3. The van der Waals surface area contributed by atoms with Crippen LogP contribution in [0.5, 0.6) is 0 Å².